The molecule has 0 radical (unpaired) electrons. The molecule has 2 nitrogen and oxygen atoms in total. The van der Waals surface area contributed by atoms with Crippen LogP contribution in [0.2, 0.25) is 0 Å². The van der Waals surface area contributed by atoms with Crippen molar-refractivity contribution >= 4 is 38.9 Å². The van der Waals surface area contributed by atoms with Gasteiger partial charge in [0.1, 0.15) is 0 Å². The maximum absolute atomic E-state index is 2.46. The maximum atomic E-state index is 2.46. The Morgan fingerprint density at radius 2 is 0.714 bits per heavy atom. The van der Waals surface area contributed by atoms with Crippen LogP contribution in [0.5, 0.6) is 0 Å². The molecule has 10 aromatic rings. The molecule has 0 aliphatic rings. The number of benzene rings is 9. The van der Waals surface area contributed by atoms with Gasteiger partial charge >= 0.3 is 0 Å². The summed E-state index contributed by atoms with van der Waals surface area (Å²) in [6.07, 6.45) is 0. The van der Waals surface area contributed by atoms with Gasteiger partial charge in [-0.05, 0) is 99.1 Å². The van der Waals surface area contributed by atoms with Crippen LogP contribution in [-0.4, -0.2) is 4.57 Å². The summed E-state index contributed by atoms with van der Waals surface area (Å²) >= 11 is 0. The first-order valence-electron chi connectivity index (χ1n) is 19.2. The van der Waals surface area contributed by atoms with E-state index < -0.39 is 0 Å². The van der Waals surface area contributed by atoms with Gasteiger partial charge in [-0.2, -0.15) is 0 Å². The molecule has 0 saturated carbocycles. The Morgan fingerprint density at radius 1 is 0.304 bits per heavy atom. The third-order valence-electron chi connectivity index (χ3n) is 10.8. The molecule has 0 bridgehead atoms. The molecule has 0 saturated heterocycles. The molecule has 0 fully saturated rings. The largest absolute Gasteiger partial charge is 0.310 e. The zero-order chi connectivity index (χ0) is 37.3. The summed E-state index contributed by atoms with van der Waals surface area (Å²) < 4.78 is 2.40. The summed E-state index contributed by atoms with van der Waals surface area (Å²) in [4.78, 5) is 2.46. The number of nitrogens with zero attached hydrogens (tertiary/aromatic N) is 2. The Balaban J connectivity index is 1.28. The molecule has 0 amide bonds. The van der Waals surface area contributed by atoms with Crippen LogP contribution >= 0.6 is 0 Å². The third-order valence-corrected chi connectivity index (χ3v) is 10.8. The van der Waals surface area contributed by atoms with Crippen LogP contribution in [0.4, 0.5) is 17.1 Å². The fourth-order valence-electron chi connectivity index (χ4n) is 8.26. The van der Waals surface area contributed by atoms with Crippen molar-refractivity contribution in [3.63, 3.8) is 0 Å². The minimum Gasteiger partial charge on any atom is -0.310 e. The molecule has 10 rings (SSSR count). The Hall–Kier alpha value is -7.42. The second-order valence-corrected chi connectivity index (χ2v) is 14.1. The molecule has 0 N–H and O–H groups in total. The van der Waals surface area contributed by atoms with E-state index >= 15 is 0 Å². The number of anilines is 3. The number of aromatic nitrogens is 1. The van der Waals surface area contributed by atoms with Crippen molar-refractivity contribution in [2.45, 2.75) is 0 Å². The monoisotopic (exact) mass is 714 g/mol. The van der Waals surface area contributed by atoms with Crippen molar-refractivity contribution in [3.05, 3.63) is 231 Å². The van der Waals surface area contributed by atoms with Crippen LogP contribution in [0.3, 0.4) is 0 Å². The van der Waals surface area contributed by atoms with E-state index in [1.54, 1.807) is 0 Å². The van der Waals surface area contributed by atoms with Gasteiger partial charge in [-0.15, -0.1) is 0 Å². The number of para-hydroxylation sites is 2. The predicted molar refractivity (Wildman–Crippen MR) is 237 cm³/mol. The SMILES string of the molecule is c1ccc(-c2ccc(N(c3ccc(-c4ccccc4)c(-c4ccccc4)c3)c3cccc4c3c3ccccc3n4-c3ccccc3)cc2-c2ccccc2)cc1. The Bertz CT molecular complexity index is 2810. The van der Waals surface area contributed by atoms with Crippen LogP contribution in [0.25, 0.3) is 72.0 Å². The topological polar surface area (TPSA) is 8.17 Å². The van der Waals surface area contributed by atoms with Crippen molar-refractivity contribution in [2.24, 2.45) is 0 Å². The van der Waals surface area contributed by atoms with E-state index in [-0.39, 0.29) is 0 Å². The first kappa shape index (κ1) is 33.2. The van der Waals surface area contributed by atoms with Crippen LogP contribution in [0, 0.1) is 0 Å². The molecule has 0 unspecified atom stereocenters. The highest BCUT2D eigenvalue weighted by Crippen LogP contribution is 2.47. The van der Waals surface area contributed by atoms with Gasteiger partial charge in [0.2, 0.25) is 0 Å². The lowest BCUT2D eigenvalue weighted by Crippen LogP contribution is -2.11. The van der Waals surface area contributed by atoms with Gasteiger partial charge in [0.05, 0.1) is 16.7 Å². The molecule has 9 aromatic carbocycles. The zero-order valence-electron chi connectivity index (χ0n) is 30.8. The molecule has 0 aliphatic carbocycles. The summed E-state index contributed by atoms with van der Waals surface area (Å²) in [5, 5.41) is 2.41. The van der Waals surface area contributed by atoms with Gasteiger partial charge in [0, 0.05) is 27.8 Å². The lowest BCUT2D eigenvalue weighted by molar-refractivity contribution is 1.18. The first-order chi connectivity index (χ1) is 27.8. The average molecular weight is 715 g/mol. The fraction of sp³-hybridized carbons (Fsp3) is 0. The molecule has 264 valence electrons. The third kappa shape index (κ3) is 5.95. The number of fused-ring (bicyclic) bond motifs is 3. The lowest BCUT2D eigenvalue weighted by atomic mass is 9.92. The zero-order valence-corrected chi connectivity index (χ0v) is 30.8. The smallest absolute Gasteiger partial charge is 0.0562 e. The highest BCUT2D eigenvalue weighted by molar-refractivity contribution is 6.16. The second-order valence-electron chi connectivity index (χ2n) is 14.1. The van der Waals surface area contributed by atoms with Crippen molar-refractivity contribution in [3.8, 4) is 50.2 Å². The van der Waals surface area contributed by atoms with E-state index in [0.29, 0.717) is 0 Å². The minimum absolute atomic E-state index is 1.08. The fourth-order valence-corrected chi connectivity index (χ4v) is 8.26. The van der Waals surface area contributed by atoms with E-state index in [1.165, 1.54) is 60.8 Å². The summed E-state index contributed by atoms with van der Waals surface area (Å²) in [7, 11) is 0. The van der Waals surface area contributed by atoms with Crippen molar-refractivity contribution in [1.82, 2.24) is 4.57 Å². The molecular weight excluding hydrogens is 677 g/mol. The Kier molecular flexibility index (Phi) is 8.55. The average Bonchev–Trinajstić information content (AvgIpc) is 3.63. The van der Waals surface area contributed by atoms with Gasteiger partial charge in [0.25, 0.3) is 0 Å². The van der Waals surface area contributed by atoms with Gasteiger partial charge in [-0.1, -0.05) is 176 Å². The normalized spacial score (nSPS) is 11.2. The quantitative estimate of drug-likeness (QED) is 0.152. The van der Waals surface area contributed by atoms with Crippen LogP contribution in [0.15, 0.2) is 231 Å². The predicted octanol–water partition coefficient (Wildman–Crippen LogP) is 14.9. The van der Waals surface area contributed by atoms with E-state index in [2.05, 4.69) is 240 Å². The van der Waals surface area contributed by atoms with Crippen molar-refractivity contribution in [2.75, 3.05) is 4.90 Å². The highest BCUT2D eigenvalue weighted by Gasteiger charge is 2.23. The van der Waals surface area contributed by atoms with Crippen LogP contribution in [0.1, 0.15) is 0 Å². The summed E-state index contributed by atoms with van der Waals surface area (Å²) in [6, 6.07) is 83.1. The van der Waals surface area contributed by atoms with Gasteiger partial charge in [-0.3, -0.25) is 0 Å². The van der Waals surface area contributed by atoms with Gasteiger partial charge in [0.15, 0.2) is 0 Å². The van der Waals surface area contributed by atoms with Crippen molar-refractivity contribution < 1.29 is 0 Å². The maximum Gasteiger partial charge on any atom is 0.0562 e. The molecule has 1 heterocycles. The molecule has 2 heteroatoms. The molecule has 1 aromatic heterocycles. The van der Waals surface area contributed by atoms with E-state index in [4.69, 9.17) is 0 Å². The molecular formula is C54H38N2. The Morgan fingerprint density at radius 3 is 1.21 bits per heavy atom. The molecule has 0 spiro atoms. The standard InChI is InChI=1S/C54H38N2/c1-6-19-39(20-7-1)46-35-33-44(37-49(46)41-23-10-3-11-24-41)55(45-34-36-47(40-21-8-2-9-22-40)50(38-45)42-25-12-4-13-26-42)52-31-18-32-53-54(52)48-29-16-17-30-51(48)56(53)43-27-14-5-15-28-43/h1-38H. The Labute approximate surface area is 327 Å². The van der Waals surface area contributed by atoms with E-state index in [9.17, 15) is 0 Å². The van der Waals surface area contributed by atoms with E-state index in [0.717, 1.165) is 28.3 Å². The summed E-state index contributed by atoms with van der Waals surface area (Å²) in [5.41, 5.74) is 16.3. The summed E-state index contributed by atoms with van der Waals surface area (Å²) in [5.74, 6) is 0. The van der Waals surface area contributed by atoms with Gasteiger partial charge in [-0.25, -0.2) is 0 Å². The summed E-state index contributed by atoms with van der Waals surface area (Å²) in [6.45, 7) is 0. The van der Waals surface area contributed by atoms with Gasteiger partial charge < -0.3 is 9.47 Å². The van der Waals surface area contributed by atoms with E-state index in [1.807, 2.05) is 0 Å². The second kappa shape index (κ2) is 14.4. The molecule has 0 atom stereocenters. The number of hydrogen-bond acceptors (Lipinski definition) is 1. The lowest BCUT2D eigenvalue weighted by Gasteiger charge is -2.29. The minimum atomic E-state index is 1.08. The molecule has 56 heavy (non-hydrogen) atoms. The number of hydrogen-bond donors (Lipinski definition) is 0. The highest BCUT2D eigenvalue weighted by atomic mass is 15.1. The first-order valence-corrected chi connectivity index (χ1v) is 19.2. The van der Waals surface area contributed by atoms with Crippen LogP contribution in [-0.2, 0) is 0 Å². The van der Waals surface area contributed by atoms with Crippen molar-refractivity contribution in [1.29, 1.82) is 0 Å². The van der Waals surface area contributed by atoms with Crippen LogP contribution < -0.4 is 4.90 Å². The number of rotatable bonds is 8. The molecule has 0 aliphatic heterocycles.